The van der Waals surface area contributed by atoms with Gasteiger partial charge in [0, 0.05) is 43.3 Å². The van der Waals surface area contributed by atoms with Gasteiger partial charge in [0.25, 0.3) is 0 Å². The third kappa shape index (κ3) is 3.83. The van der Waals surface area contributed by atoms with Gasteiger partial charge in [-0.15, -0.1) is 0 Å². The van der Waals surface area contributed by atoms with E-state index in [1.165, 1.54) is 6.07 Å². The van der Waals surface area contributed by atoms with Crippen molar-refractivity contribution < 1.29 is 9.18 Å². The van der Waals surface area contributed by atoms with Gasteiger partial charge in [0.15, 0.2) is 0 Å². The van der Waals surface area contributed by atoms with Gasteiger partial charge < -0.3 is 15.1 Å². The fourth-order valence-electron chi connectivity index (χ4n) is 3.22. The number of hydrogen-bond acceptors (Lipinski definition) is 3. The number of carbonyl (C=O) groups excluding carboxylic acids is 1. The van der Waals surface area contributed by atoms with Gasteiger partial charge in [0.1, 0.15) is 5.82 Å². The molecule has 2 fully saturated rings. The minimum Gasteiger partial charge on any atom is -0.369 e. The van der Waals surface area contributed by atoms with Crippen molar-refractivity contribution >= 4 is 11.6 Å². The van der Waals surface area contributed by atoms with Crippen molar-refractivity contribution in [2.75, 3.05) is 37.6 Å². The lowest BCUT2D eigenvalue weighted by Crippen LogP contribution is -2.46. The molecule has 1 aliphatic carbocycles. The summed E-state index contributed by atoms with van der Waals surface area (Å²) in [5.41, 5.74) is 1.93. The highest BCUT2D eigenvalue weighted by Crippen LogP contribution is 2.32. The lowest BCUT2D eigenvalue weighted by atomic mass is 10.0. The van der Waals surface area contributed by atoms with Crippen molar-refractivity contribution in [1.29, 1.82) is 0 Å². The summed E-state index contributed by atoms with van der Waals surface area (Å²) in [5.74, 6) is 0.0227. The highest BCUT2D eigenvalue weighted by Gasteiger charge is 2.31. The first-order chi connectivity index (χ1) is 11.1. The number of carbonyl (C=O) groups is 1. The van der Waals surface area contributed by atoms with Gasteiger partial charge in [0.2, 0.25) is 5.91 Å². The summed E-state index contributed by atoms with van der Waals surface area (Å²) in [7, 11) is 0. The molecule has 0 radical (unpaired) electrons. The Kier molecular flexibility index (Phi) is 4.85. The van der Waals surface area contributed by atoms with E-state index < -0.39 is 0 Å². The highest BCUT2D eigenvalue weighted by molar-refractivity contribution is 5.81. The molecule has 5 heteroatoms. The van der Waals surface area contributed by atoms with Gasteiger partial charge in [-0.25, -0.2) is 4.39 Å². The van der Waals surface area contributed by atoms with Crippen molar-refractivity contribution in [3.05, 3.63) is 29.6 Å². The predicted octanol–water partition coefficient (Wildman–Crippen LogP) is 2.55. The number of benzene rings is 1. The van der Waals surface area contributed by atoms with Crippen LogP contribution in [0.15, 0.2) is 18.2 Å². The number of halogens is 1. The molecule has 1 unspecified atom stereocenters. The number of anilines is 1. The quantitative estimate of drug-likeness (QED) is 0.906. The first kappa shape index (κ1) is 16.2. The Hall–Kier alpha value is -1.62. The summed E-state index contributed by atoms with van der Waals surface area (Å²) in [6.07, 6.45) is 1.96. The molecule has 1 saturated carbocycles. The molecule has 3 rings (SSSR count). The maximum Gasteiger partial charge on any atom is 0.223 e. The fraction of sp³-hybridized carbons (Fsp3) is 0.611. The molecule has 1 saturated heterocycles. The van der Waals surface area contributed by atoms with E-state index in [0.29, 0.717) is 0 Å². The van der Waals surface area contributed by atoms with E-state index in [9.17, 15) is 9.18 Å². The lowest BCUT2D eigenvalue weighted by Gasteiger charge is -2.37. The minimum absolute atomic E-state index is 0.100. The van der Waals surface area contributed by atoms with Crippen molar-refractivity contribution in [2.24, 2.45) is 5.92 Å². The third-order valence-corrected chi connectivity index (χ3v) is 4.92. The van der Waals surface area contributed by atoms with Gasteiger partial charge >= 0.3 is 0 Å². The molecule has 23 heavy (non-hydrogen) atoms. The average Bonchev–Trinajstić information content (AvgIpc) is 3.40. The van der Waals surface area contributed by atoms with Crippen LogP contribution >= 0.6 is 0 Å². The second-order valence-corrected chi connectivity index (χ2v) is 6.63. The molecule has 1 aromatic rings. The summed E-state index contributed by atoms with van der Waals surface area (Å²) in [4.78, 5) is 16.7. The van der Waals surface area contributed by atoms with E-state index in [-0.39, 0.29) is 23.7 Å². The third-order valence-electron chi connectivity index (χ3n) is 4.92. The van der Waals surface area contributed by atoms with Crippen molar-refractivity contribution in [2.45, 2.75) is 32.7 Å². The SMILES string of the molecule is CCN1CCN(c2ccc(F)cc2C(C)NC(=O)C2CC2)CC1. The van der Waals surface area contributed by atoms with Gasteiger partial charge in [0.05, 0.1) is 6.04 Å². The number of piperazine rings is 1. The first-order valence-electron chi connectivity index (χ1n) is 8.65. The number of nitrogens with zero attached hydrogens (tertiary/aromatic N) is 2. The summed E-state index contributed by atoms with van der Waals surface area (Å²) < 4.78 is 13.8. The second-order valence-electron chi connectivity index (χ2n) is 6.63. The molecular formula is C18H26FN3O. The van der Waals surface area contributed by atoms with Crippen molar-refractivity contribution in [3.63, 3.8) is 0 Å². The van der Waals surface area contributed by atoms with E-state index >= 15 is 0 Å². The van der Waals surface area contributed by atoms with Crippen LogP contribution in [-0.4, -0.2) is 43.5 Å². The van der Waals surface area contributed by atoms with Crippen LogP contribution in [0.3, 0.4) is 0 Å². The van der Waals surface area contributed by atoms with Crippen molar-refractivity contribution in [1.82, 2.24) is 10.2 Å². The van der Waals surface area contributed by atoms with E-state index in [4.69, 9.17) is 0 Å². The number of amides is 1. The average molecular weight is 319 g/mol. The zero-order chi connectivity index (χ0) is 16.4. The first-order valence-corrected chi connectivity index (χ1v) is 8.65. The maximum atomic E-state index is 13.8. The normalized spacial score (nSPS) is 20.4. The molecule has 0 bridgehead atoms. The predicted molar refractivity (Wildman–Crippen MR) is 90.0 cm³/mol. The minimum atomic E-state index is -0.247. The van der Waals surface area contributed by atoms with Gasteiger partial charge in [-0.2, -0.15) is 0 Å². The summed E-state index contributed by atoms with van der Waals surface area (Å²) in [6, 6.07) is 4.77. The van der Waals surface area contributed by atoms with Gasteiger partial charge in [-0.1, -0.05) is 6.92 Å². The molecule has 2 aliphatic rings. The van der Waals surface area contributed by atoms with Crippen LogP contribution in [-0.2, 0) is 4.79 Å². The zero-order valence-corrected chi connectivity index (χ0v) is 14.0. The highest BCUT2D eigenvalue weighted by atomic mass is 19.1. The molecule has 1 aliphatic heterocycles. The fourth-order valence-corrected chi connectivity index (χ4v) is 3.22. The number of hydrogen-bond donors (Lipinski definition) is 1. The molecule has 1 N–H and O–H groups in total. The van der Waals surface area contributed by atoms with E-state index in [1.54, 1.807) is 6.07 Å². The molecular weight excluding hydrogens is 293 g/mol. The Morgan fingerprint density at radius 1 is 1.30 bits per heavy atom. The molecule has 126 valence electrons. The van der Waals surface area contributed by atoms with Gasteiger partial charge in [-0.05, 0) is 44.5 Å². The molecule has 1 atom stereocenters. The molecule has 1 aromatic carbocycles. The molecule has 1 heterocycles. The molecule has 1 amide bonds. The maximum absolute atomic E-state index is 13.8. The van der Waals surface area contributed by atoms with Crippen LogP contribution in [0.1, 0.15) is 38.3 Å². The molecule has 0 spiro atoms. The van der Waals surface area contributed by atoms with Crippen molar-refractivity contribution in [3.8, 4) is 0 Å². The van der Waals surface area contributed by atoms with E-state index in [2.05, 4.69) is 22.0 Å². The van der Waals surface area contributed by atoms with Crippen LogP contribution in [0.5, 0.6) is 0 Å². The second kappa shape index (κ2) is 6.87. The van der Waals surface area contributed by atoms with E-state index in [1.807, 2.05) is 13.0 Å². The van der Waals surface area contributed by atoms with Crippen LogP contribution in [0.25, 0.3) is 0 Å². The summed E-state index contributed by atoms with van der Waals surface area (Å²) >= 11 is 0. The Labute approximate surface area is 137 Å². The smallest absolute Gasteiger partial charge is 0.223 e. The Morgan fingerprint density at radius 2 is 2.00 bits per heavy atom. The van der Waals surface area contributed by atoms with Crippen LogP contribution in [0.2, 0.25) is 0 Å². The van der Waals surface area contributed by atoms with E-state index in [0.717, 1.165) is 56.8 Å². The number of nitrogens with one attached hydrogen (secondary N) is 1. The Balaban J connectivity index is 1.75. The van der Waals surface area contributed by atoms with Crippen LogP contribution < -0.4 is 10.2 Å². The topological polar surface area (TPSA) is 35.6 Å². The monoisotopic (exact) mass is 319 g/mol. The number of rotatable bonds is 5. The zero-order valence-electron chi connectivity index (χ0n) is 14.0. The molecule has 0 aromatic heterocycles. The molecule has 4 nitrogen and oxygen atoms in total. The summed E-state index contributed by atoms with van der Waals surface area (Å²) in [6.45, 7) is 9.12. The van der Waals surface area contributed by atoms with Crippen LogP contribution in [0.4, 0.5) is 10.1 Å². The largest absolute Gasteiger partial charge is 0.369 e. The standard InChI is InChI=1S/C18H26FN3O/c1-3-21-8-10-22(11-9-21)17-7-6-15(19)12-16(17)13(2)20-18(23)14-4-5-14/h6-7,12-14H,3-5,8-11H2,1-2H3,(H,20,23). The van der Waals surface area contributed by atoms with Gasteiger partial charge in [-0.3, -0.25) is 4.79 Å². The Morgan fingerprint density at radius 3 is 2.61 bits per heavy atom. The summed E-state index contributed by atoms with van der Waals surface area (Å²) in [5, 5.41) is 3.04. The van der Waals surface area contributed by atoms with Crippen LogP contribution in [0, 0.1) is 11.7 Å². The Bertz CT molecular complexity index is 565. The lowest BCUT2D eigenvalue weighted by molar-refractivity contribution is -0.122. The number of likely N-dealkylation sites (N-methyl/N-ethyl adjacent to an activating group) is 1.